The highest BCUT2D eigenvalue weighted by Gasteiger charge is 2.64. The standard InChI is InChI=1S/C96H170N4O46/c1-4-6-8-10-12-14-16-18-19-20-21-22-23-24-25-27-29-31-33-35-37-39-64(115)98-53(54(111)38-36-34-32-30-28-26-17-15-13-11-9-7-5-2)51-133-89-77(125)75(123)81(62(47-106)137-89)139-90-78(126)76(124)82(63(48-107)138-90)140-91-79(127)86(72(120)59(44-103)135-91)142-88-69(97-52(3)110)83(71(119)58(43-102)134-88)141-92-80(128)87(73(121)60(45-104)136-92)146-96(94(131)132)41-56(113)68(100-66(117)50-109)85(145-96)74(122)61(46-105)143-95(93(129)130)40-55(112)67(99-65(116)49-108)84(144-95)70(118)57(114)42-101/h36,38,53-63,67-92,101-109,111-114,118-128H,4-35,37,39-51H2,1-3H3,(H,97,110)(H,98,115)(H,99,116)(H,100,117)(H,129,130)(H,131,132)/b38-36+/t53-,54+,55?,56?,57+,58?,59?,60?,61+,62?,63?,67+,68+,69?,70+,71-,72-,73-,74+,75+,76+,77?,78?,79?,80?,81+,82-,83+,84?,85?,86-,87-,88-,89+,90-,91-,92-,95+,96-/m0/s1. The van der Waals surface area contributed by atoms with Crippen molar-refractivity contribution in [2.45, 2.75) is 490 Å². The molecule has 7 aliphatic rings. The zero-order valence-corrected chi connectivity index (χ0v) is 83.8. The molecule has 0 spiro atoms. The van der Waals surface area contributed by atoms with Crippen molar-refractivity contribution < 1.29 is 228 Å². The van der Waals surface area contributed by atoms with Crippen LogP contribution in [0.2, 0.25) is 0 Å². The molecule has 0 aromatic rings. The highest BCUT2D eigenvalue weighted by atomic mass is 16.8. The molecule has 14 unspecified atom stereocenters. The molecule has 146 heavy (non-hydrogen) atoms. The van der Waals surface area contributed by atoms with E-state index in [0.717, 1.165) is 64.7 Å². The number of amides is 4. The van der Waals surface area contributed by atoms with E-state index in [-0.39, 0.29) is 12.3 Å². The van der Waals surface area contributed by atoms with Crippen LogP contribution >= 0.6 is 0 Å². The van der Waals surface area contributed by atoms with Crippen LogP contribution in [-0.2, 0) is 95.1 Å². The molecule has 39 atom stereocenters. The SMILES string of the molecule is CCCCCCCCCCCCC/C=C/[C@@H](O)[C@H](CO[C@@H]1OC(CO)[C@@H](O[C@@H]2OC(CO)[C@H](O[C@@H]3OC(CO)[C@H](O)[C@H](O[C@@H]4OC(CO)[C@H](O)[C@H](O[C@@H]5OC(CO)[C@H](O)[C@H](O[C@]6(C(=O)O)CC(O)[C@@H](NC(=O)CO)C([C@H](O)[C@@H](CO)O[C@]7(C(=O)O)CC(O)[C@@H](NC(=O)CO)C([C@H](O)[C@H](O)CO)O7)O6)C5O)C4NC(C)=O)C3O)[C@H](O)C2O)[C@H](O)C1O)NC(=O)CCCCCCCCCCCCCCCCCCCCCCC. The van der Waals surface area contributed by atoms with Crippen molar-refractivity contribution in [1.82, 2.24) is 21.3 Å². The molecular formula is C96H170N4O46. The number of aliphatic hydroxyl groups is 24. The first-order chi connectivity index (χ1) is 69.9. The normalized spacial score (nSPS) is 35.3. The number of allylic oxidation sites excluding steroid dienone is 1. The monoisotopic (exact) mass is 2120 g/mol. The fourth-order valence-electron chi connectivity index (χ4n) is 19.4. The van der Waals surface area contributed by atoms with Gasteiger partial charge in [0.25, 0.3) is 11.6 Å². The third-order valence-corrected chi connectivity index (χ3v) is 27.9. The summed E-state index contributed by atoms with van der Waals surface area (Å²) in [5, 5.41) is 300. The topological polar surface area (TPSA) is 806 Å². The van der Waals surface area contributed by atoms with Crippen LogP contribution in [0.4, 0.5) is 0 Å². The maximum Gasteiger partial charge on any atom is 0.364 e. The van der Waals surface area contributed by atoms with Gasteiger partial charge in [-0.05, 0) is 19.3 Å². The first-order valence-electron chi connectivity index (χ1n) is 52.1. The Morgan fingerprint density at radius 1 is 0.377 bits per heavy atom. The summed E-state index contributed by atoms with van der Waals surface area (Å²) >= 11 is 0. The minimum atomic E-state index is -3.64. The van der Waals surface area contributed by atoms with E-state index in [0.29, 0.717) is 12.8 Å². The molecule has 7 fully saturated rings. The quantitative estimate of drug-likeness (QED) is 0.0199. The molecule has 7 rings (SSSR count). The minimum Gasteiger partial charge on any atom is -0.477 e. The van der Waals surface area contributed by atoms with E-state index in [4.69, 9.17) is 66.3 Å². The third-order valence-electron chi connectivity index (χ3n) is 27.9. The molecule has 0 saturated carbocycles. The lowest BCUT2D eigenvalue weighted by atomic mass is 9.87. The predicted octanol–water partition coefficient (Wildman–Crippen LogP) is -5.76. The maximum absolute atomic E-state index is 13.8. The number of hydrogen-bond acceptors (Lipinski definition) is 44. The van der Waals surface area contributed by atoms with Gasteiger partial charge in [0, 0.05) is 26.2 Å². The van der Waals surface area contributed by atoms with Crippen LogP contribution in [-0.4, -0.2) is 473 Å². The number of ether oxygens (including phenoxy) is 14. The van der Waals surface area contributed by atoms with Gasteiger partial charge in [-0.3, -0.25) is 19.2 Å². The summed E-state index contributed by atoms with van der Waals surface area (Å²) in [4.78, 5) is 79.4. The zero-order chi connectivity index (χ0) is 107. The summed E-state index contributed by atoms with van der Waals surface area (Å²) in [6.45, 7) is -6.61. The van der Waals surface area contributed by atoms with Gasteiger partial charge in [-0.2, -0.15) is 0 Å². The van der Waals surface area contributed by atoms with Crippen molar-refractivity contribution in [2.24, 2.45) is 0 Å². The predicted molar refractivity (Wildman–Crippen MR) is 503 cm³/mol. The Kier molecular flexibility index (Phi) is 58.1. The number of rotatable bonds is 70. The summed E-state index contributed by atoms with van der Waals surface area (Å²) in [5.41, 5.74) is 0. The molecule has 0 radical (unpaired) electrons. The number of hydrogen-bond donors (Lipinski definition) is 30. The lowest BCUT2D eigenvalue weighted by molar-refractivity contribution is -0.393. The van der Waals surface area contributed by atoms with Crippen LogP contribution in [0.5, 0.6) is 0 Å². The van der Waals surface area contributed by atoms with Crippen molar-refractivity contribution in [3.63, 3.8) is 0 Å². The van der Waals surface area contributed by atoms with Gasteiger partial charge in [0.1, 0.15) is 172 Å². The number of aliphatic hydroxyl groups excluding tert-OH is 24. The van der Waals surface area contributed by atoms with Crippen LogP contribution < -0.4 is 21.3 Å². The Labute approximate surface area is 849 Å². The molecule has 0 bridgehead atoms. The number of carbonyl (C=O) groups is 6. The van der Waals surface area contributed by atoms with E-state index in [1.807, 2.05) is 16.7 Å². The van der Waals surface area contributed by atoms with Gasteiger partial charge in [0.05, 0.1) is 89.3 Å². The Morgan fingerprint density at radius 3 is 1.16 bits per heavy atom. The average Bonchev–Trinajstić information content (AvgIpc) is 0.745. The number of carboxylic acids is 2. The number of unbranched alkanes of at least 4 members (excludes halogenated alkanes) is 31. The molecular weight excluding hydrogens is 1950 g/mol. The fraction of sp³-hybridized carbons (Fsp3) is 0.917. The highest BCUT2D eigenvalue weighted by molar-refractivity contribution is 5.79. The van der Waals surface area contributed by atoms with Gasteiger partial charge in [-0.15, -0.1) is 0 Å². The van der Waals surface area contributed by atoms with Crippen LogP contribution in [0.3, 0.4) is 0 Å². The molecule has 850 valence electrons. The average molecular weight is 2120 g/mol. The number of carboxylic acid groups (broad SMARTS) is 2. The van der Waals surface area contributed by atoms with Crippen molar-refractivity contribution in [3.8, 4) is 0 Å². The number of aliphatic carboxylic acids is 2. The maximum atomic E-state index is 13.8. The summed E-state index contributed by atoms with van der Waals surface area (Å²) in [7, 11) is 0. The van der Waals surface area contributed by atoms with E-state index in [1.165, 1.54) is 141 Å². The van der Waals surface area contributed by atoms with Crippen molar-refractivity contribution in [1.29, 1.82) is 0 Å². The summed E-state index contributed by atoms with van der Waals surface area (Å²) in [6.07, 6.45) is -34.4. The second-order valence-corrected chi connectivity index (χ2v) is 39.2. The second kappa shape index (κ2) is 66.3. The summed E-state index contributed by atoms with van der Waals surface area (Å²) in [5.74, 6) is -15.8. The molecule has 0 aromatic carbocycles. The largest absolute Gasteiger partial charge is 0.477 e. The number of nitrogens with one attached hydrogen (secondary N) is 4. The van der Waals surface area contributed by atoms with Gasteiger partial charge in [0.15, 0.2) is 31.5 Å². The molecule has 0 aromatic heterocycles. The van der Waals surface area contributed by atoms with Gasteiger partial charge in [-0.1, -0.05) is 219 Å². The minimum absolute atomic E-state index is 0.141. The van der Waals surface area contributed by atoms with Crippen LogP contribution in [0.25, 0.3) is 0 Å². The molecule has 4 amide bonds. The van der Waals surface area contributed by atoms with E-state index in [1.54, 1.807) is 6.08 Å². The Bertz CT molecular complexity index is 3700. The molecule has 50 nitrogen and oxygen atoms in total. The van der Waals surface area contributed by atoms with Crippen molar-refractivity contribution in [2.75, 3.05) is 66.1 Å². The van der Waals surface area contributed by atoms with Crippen LogP contribution in [0.15, 0.2) is 12.2 Å². The highest BCUT2D eigenvalue weighted by Crippen LogP contribution is 2.43. The first kappa shape index (κ1) is 128. The van der Waals surface area contributed by atoms with Crippen LogP contribution in [0.1, 0.15) is 252 Å². The van der Waals surface area contributed by atoms with E-state index < -0.39 is 347 Å². The Morgan fingerprint density at radius 2 is 0.740 bits per heavy atom. The smallest absolute Gasteiger partial charge is 0.364 e. The van der Waals surface area contributed by atoms with Crippen molar-refractivity contribution in [3.05, 3.63) is 12.2 Å². The molecule has 0 aliphatic carbocycles. The second-order valence-electron chi connectivity index (χ2n) is 39.2. The zero-order valence-electron chi connectivity index (χ0n) is 83.8. The first-order valence-corrected chi connectivity index (χ1v) is 52.1. The summed E-state index contributed by atoms with van der Waals surface area (Å²) < 4.78 is 82.2. The Hall–Kier alpha value is -4.96. The lowest BCUT2D eigenvalue weighted by Crippen LogP contribution is -2.72. The molecule has 50 heteroatoms. The van der Waals surface area contributed by atoms with E-state index in [9.17, 15) is 162 Å². The van der Waals surface area contributed by atoms with Crippen molar-refractivity contribution >= 4 is 35.6 Å². The third kappa shape index (κ3) is 37.4. The summed E-state index contributed by atoms with van der Waals surface area (Å²) in [6, 6.07) is -7.38. The molecule has 7 heterocycles. The number of carbonyl (C=O) groups excluding carboxylic acids is 4. The Balaban J connectivity index is 1.01. The molecule has 7 aliphatic heterocycles. The van der Waals surface area contributed by atoms with Gasteiger partial charge < -0.3 is 220 Å². The van der Waals surface area contributed by atoms with Gasteiger partial charge >= 0.3 is 11.9 Å². The molecule has 30 N–H and O–H groups in total. The van der Waals surface area contributed by atoms with Crippen LogP contribution in [0, 0.1) is 0 Å². The van der Waals surface area contributed by atoms with Gasteiger partial charge in [0.2, 0.25) is 23.6 Å². The van der Waals surface area contributed by atoms with E-state index in [2.05, 4.69) is 24.5 Å². The van der Waals surface area contributed by atoms with Gasteiger partial charge in [-0.25, -0.2) is 9.59 Å². The lowest BCUT2D eigenvalue weighted by Gasteiger charge is -2.52. The fourth-order valence-corrected chi connectivity index (χ4v) is 19.4. The van der Waals surface area contributed by atoms with E-state index >= 15 is 0 Å². The molecule has 7 saturated heterocycles.